The fourth-order valence-electron chi connectivity index (χ4n) is 6.85. The number of aliphatic hydroxyl groups is 1. The first-order chi connectivity index (χ1) is 19.7. The number of unbranched alkanes of at least 4 members (excludes halogenated alkanes) is 2. The molecule has 0 aromatic heterocycles. The molecule has 9 heteroatoms. The molecule has 3 saturated heterocycles. The van der Waals surface area contributed by atoms with E-state index in [1.807, 2.05) is 50.3 Å². The van der Waals surface area contributed by atoms with Crippen LogP contribution in [0, 0.1) is 17.8 Å². The number of aliphatic hydroxyl groups excluding tert-OH is 1. The summed E-state index contributed by atoms with van der Waals surface area (Å²) in [6, 6.07) is 8.07. The van der Waals surface area contributed by atoms with Crippen molar-refractivity contribution in [3.05, 3.63) is 61.2 Å². The van der Waals surface area contributed by atoms with Crippen molar-refractivity contribution in [3.63, 3.8) is 0 Å². The number of nitrogens with zero attached hydrogens (tertiary/aromatic N) is 2. The SMILES string of the molecule is C=CCCCCOC(=O)[C@H]1[C@@H]2OC3(CC2Br)C(C(=O)N(CC=C)Cc2ccccc2)N([C@@H](CO)CC(C)C)C(=O)[C@H]13. The molecular weight excluding hydrogens is 588 g/mol. The molecule has 8 nitrogen and oxygen atoms in total. The number of carbonyl (C=O) groups excluding carboxylic acids is 3. The van der Waals surface area contributed by atoms with Gasteiger partial charge >= 0.3 is 5.97 Å². The fraction of sp³-hybridized carbons (Fsp3) is 0.594. The van der Waals surface area contributed by atoms with E-state index in [1.165, 1.54) is 0 Å². The highest BCUT2D eigenvalue weighted by atomic mass is 79.9. The van der Waals surface area contributed by atoms with Crippen LogP contribution in [-0.4, -0.2) is 81.1 Å². The molecule has 2 bridgehead atoms. The first-order valence-electron chi connectivity index (χ1n) is 14.7. The molecule has 3 fully saturated rings. The normalized spacial score (nSPS) is 29.0. The number of hydrogen-bond acceptors (Lipinski definition) is 6. The maximum atomic E-state index is 14.6. The summed E-state index contributed by atoms with van der Waals surface area (Å²) in [6.07, 6.45) is 6.21. The zero-order valence-corrected chi connectivity index (χ0v) is 25.7. The standard InChI is InChI=1S/C32H43BrN2O6/c1-5-7-8-12-16-40-31(39)25-26-29(37)35(23(20-36)17-21(3)4)28(32(26)18-24(33)27(25)41-32)30(38)34(15-6-2)19-22-13-10-9-11-14-22/h5-6,9-11,13-14,21,23-28,36H,1-2,7-8,12,15-20H2,3-4H3/t23-,24?,25-,26+,27-,28?,32?/m1/s1. The van der Waals surface area contributed by atoms with E-state index in [-0.39, 0.29) is 42.3 Å². The maximum absolute atomic E-state index is 14.6. The number of benzene rings is 1. The predicted octanol–water partition coefficient (Wildman–Crippen LogP) is 4.26. The minimum Gasteiger partial charge on any atom is -0.465 e. The minimum atomic E-state index is -1.21. The molecule has 1 aromatic carbocycles. The van der Waals surface area contributed by atoms with E-state index in [0.29, 0.717) is 25.8 Å². The van der Waals surface area contributed by atoms with Gasteiger partial charge in [-0.1, -0.05) is 72.3 Å². The Morgan fingerprint density at radius 1 is 1.24 bits per heavy atom. The molecule has 2 amide bonds. The molecule has 41 heavy (non-hydrogen) atoms. The lowest BCUT2D eigenvalue weighted by molar-refractivity contribution is -0.156. The van der Waals surface area contributed by atoms with Crippen molar-refractivity contribution >= 4 is 33.7 Å². The van der Waals surface area contributed by atoms with Crippen molar-refractivity contribution in [2.45, 2.75) is 81.1 Å². The van der Waals surface area contributed by atoms with E-state index in [4.69, 9.17) is 9.47 Å². The number of ether oxygens (including phenoxy) is 2. The van der Waals surface area contributed by atoms with Crippen LogP contribution in [0.5, 0.6) is 0 Å². The summed E-state index contributed by atoms with van der Waals surface area (Å²) in [6.45, 7) is 12.2. The van der Waals surface area contributed by atoms with Crippen molar-refractivity contribution in [1.29, 1.82) is 0 Å². The summed E-state index contributed by atoms with van der Waals surface area (Å²) in [7, 11) is 0. The summed E-state index contributed by atoms with van der Waals surface area (Å²) < 4.78 is 12.3. The minimum absolute atomic E-state index is 0.166. The molecule has 1 spiro atoms. The molecule has 3 heterocycles. The Morgan fingerprint density at radius 2 is 1.98 bits per heavy atom. The Bertz CT molecular complexity index is 1110. The Morgan fingerprint density at radius 3 is 2.61 bits per heavy atom. The van der Waals surface area contributed by atoms with Crippen LogP contribution in [0.4, 0.5) is 0 Å². The topological polar surface area (TPSA) is 96.4 Å². The van der Waals surface area contributed by atoms with Crippen LogP contribution in [-0.2, 0) is 30.4 Å². The van der Waals surface area contributed by atoms with Gasteiger partial charge in [-0.05, 0) is 43.6 Å². The predicted molar refractivity (Wildman–Crippen MR) is 160 cm³/mol. The number of fused-ring (bicyclic) bond motifs is 1. The zero-order chi connectivity index (χ0) is 29.7. The molecule has 0 aliphatic carbocycles. The molecule has 1 aromatic rings. The number of amides is 2. The third kappa shape index (κ3) is 6.18. The lowest BCUT2D eigenvalue weighted by Crippen LogP contribution is -2.59. The second-order valence-corrected chi connectivity index (χ2v) is 13.0. The first kappa shape index (κ1) is 31.4. The smallest absolute Gasteiger partial charge is 0.312 e. The second kappa shape index (κ2) is 13.7. The number of esters is 1. The second-order valence-electron chi connectivity index (χ2n) is 11.8. The first-order valence-corrected chi connectivity index (χ1v) is 15.6. The van der Waals surface area contributed by atoms with E-state index < -0.39 is 41.6 Å². The van der Waals surface area contributed by atoms with Gasteiger partial charge in [0.15, 0.2) is 0 Å². The summed E-state index contributed by atoms with van der Waals surface area (Å²) in [5.41, 5.74) is -0.263. The third-order valence-electron chi connectivity index (χ3n) is 8.51. The molecule has 1 N–H and O–H groups in total. The van der Waals surface area contributed by atoms with Gasteiger partial charge in [-0.15, -0.1) is 13.2 Å². The highest BCUT2D eigenvalue weighted by molar-refractivity contribution is 9.09. The van der Waals surface area contributed by atoms with Crippen molar-refractivity contribution < 1.29 is 29.0 Å². The quantitative estimate of drug-likeness (QED) is 0.135. The fourth-order valence-corrected chi connectivity index (χ4v) is 7.80. The van der Waals surface area contributed by atoms with Gasteiger partial charge in [0.1, 0.15) is 11.6 Å². The van der Waals surface area contributed by atoms with Crippen LogP contribution in [0.3, 0.4) is 0 Å². The molecule has 7 atom stereocenters. The molecule has 3 aliphatic heterocycles. The monoisotopic (exact) mass is 630 g/mol. The molecule has 3 unspecified atom stereocenters. The molecule has 224 valence electrons. The van der Waals surface area contributed by atoms with E-state index in [2.05, 4.69) is 29.1 Å². The van der Waals surface area contributed by atoms with Gasteiger partial charge < -0.3 is 24.4 Å². The van der Waals surface area contributed by atoms with Crippen molar-refractivity contribution in [2.75, 3.05) is 19.8 Å². The van der Waals surface area contributed by atoms with Crippen LogP contribution >= 0.6 is 15.9 Å². The average Bonchev–Trinajstić information content (AvgIpc) is 3.54. The van der Waals surface area contributed by atoms with E-state index in [0.717, 1.165) is 18.4 Å². The number of rotatable bonds is 15. The highest BCUT2D eigenvalue weighted by Gasteiger charge is 2.77. The number of alkyl halides is 1. The third-order valence-corrected chi connectivity index (χ3v) is 9.35. The number of halogens is 1. The number of carbonyl (C=O) groups is 3. The highest BCUT2D eigenvalue weighted by Crippen LogP contribution is 2.61. The van der Waals surface area contributed by atoms with Crippen molar-refractivity contribution in [1.82, 2.24) is 9.80 Å². The van der Waals surface area contributed by atoms with Crippen LogP contribution in [0.25, 0.3) is 0 Å². The lowest BCUT2D eigenvalue weighted by atomic mass is 9.70. The number of likely N-dealkylation sites (tertiary alicyclic amines) is 1. The van der Waals surface area contributed by atoms with E-state index in [9.17, 15) is 19.5 Å². The van der Waals surface area contributed by atoms with Crippen molar-refractivity contribution in [2.24, 2.45) is 17.8 Å². The molecular formula is C32H43BrN2O6. The lowest BCUT2D eigenvalue weighted by Gasteiger charge is -2.39. The number of allylic oxidation sites excluding steroid dienone is 1. The van der Waals surface area contributed by atoms with E-state index in [1.54, 1.807) is 15.9 Å². The summed E-state index contributed by atoms with van der Waals surface area (Å²) >= 11 is 3.71. The molecule has 0 saturated carbocycles. The number of hydrogen-bond donors (Lipinski definition) is 1. The van der Waals surface area contributed by atoms with Crippen LogP contribution in [0.2, 0.25) is 0 Å². The van der Waals surface area contributed by atoms with Gasteiger partial charge in [-0.25, -0.2) is 0 Å². The maximum Gasteiger partial charge on any atom is 0.312 e. The van der Waals surface area contributed by atoms with Gasteiger partial charge in [0.05, 0.1) is 37.2 Å². The summed E-state index contributed by atoms with van der Waals surface area (Å²) in [5, 5.41) is 10.5. The molecule has 4 rings (SSSR count). The Balaban J connectivity index is 1.71. The largest absolute Gasteiger partial charge is 0.465 e. The zero-order valence-electron chi connectivity index (χ0n) is 24.1. The van der Waals surface area contributed by atoms with Gasteiger partial charge in [-0.3, -0.25) is 14.4 Å². The van der Waals surface area contributed by atoms with Crippen LogP contribution < -0.4 is 0 Å². The Kier molecular flexibility index (Phi) is 10.5. The molecule has 3 aliphatic rings. The molecule has 0 radical (unpaired) electrons. The van der Waals surface area contributed by atoms with Gasteiger partial charge in [0.2, 0.25) is 11.8 Å². The average molecular weight is 632 g/mol. The Labute approximate surface area is 251 Å². The van der Waals surface area contributed by atoms with E-state index >= 15 is 0 Å². The van der Waals surface area contributed by atoms with Gasteiger partial charge in [0.25, 0.3) is 0 Å². The van der Waals surface area contributed by atoms with Crippen LogP contribution in [0.15, 0.2) is 55.6 Å². The van der Waals surface area contributed by atoms with Gasteiger partial charge in [0, 0.05) is 17.9 Å². The summed E-state index contributed by atoms with van der Waals surface area (Å²) in [5.74, 6) is -2.59. The summed E-state index contributed by atoms with van der Waals surface area (Å²) in [4.78, 5) is 45.4. The van der Waals surface area contributed by atoms with Gasteiger partial charge in [-0.2, -0.15) is 0 Å². The van der Waals surface area contributed by atoms with Crippen molar-refractivity contribution in [3.8, 4) is 0 Å². The Hall–Kier alpha value is -2.49. The van der Waals surface area contributed by atoms with Crippen LogP contribution in [0.1, 0.15) is 51.5 Å².